The maximum absolute atomic E-state index is 10.4. The second-order valence-electron chi connectivity index (χ2n) is 9.67. The molecule has 1 atom stereocenters. The number of hydrogen-bond acceptors (Lipinski definition) is 2. The third-order valence-electron chi connectivity index (χ3n) is 6.95. The number of benzene rings is 2. The molecule has 0 heterocycles. The van der Waals surface area contributed by atoms with Crippen molar-refractivity contribution >= 4 is 0 Å². The number of unbranched alkanes of at least 4 members (excludes halogenated alkanes) is 3. The fraction of sp³-hybridized carbons (Fsp3) is 0.548. The Labute approximate surface area is 201 Å². The zero-order valence-corrected chi connectivity index (χ0v) is 20.7. The Morgan fingerprint density at radius 2 is 1.58 bits per heavy atom. The van der Waals surface area contributed by atoms with Gasteiger partial charge in [-0.25, -0.2) is 0 Å². The van der Waals surface area contributed by atoms with Crippen LogP contribution in [0.3, 0.4) is 0 Å². The number of aliphatic hydroxyl groups excluding tert-OH is 1. The highest BCUT2D eigenvalue weighted by atomic mass is 16.5. The highest BCUT2D eigenvalue weighted by Gasteiger charge is 2.22. The van der Waals surface area contributed by atoms with E-state index in [9.17, 15) is 5.11 Å². The van der Waals surface area contributed by atoms with Gasteiger partial charge in [-0.2, -0.15) is 0 Å². The van der Waals surface area contributed by atoms with Gasteiger partial charge in [0.05, 0.1) is 6.61 Å². The molecule has 3 rings (SSSR count). The van der Waals surface area contributed by atoms with Crippen molar-refractivity contribution in [3.05, 3.63) is 65.2 Å². The largest absolute Gasteiger partial charge is 0.494 e. The van der Waals surface area contributed by atoms with Gasteiger partial charge in [-0.05, 0) is 79.3 Å². The highest BCUT2D eigenvalue weighted by Crippen LogP contribution is 2.37. The third-order valence-corrected chi connectivity index (χ3v) is 6.95. The van der Waals surface area contributed by atoms with Gasteiger partial charge in [0.2, 0.25) is 0 Å². The Kier molecular flexibility index (Phi) is 10.9. The van der Waals surface area contributed by atoms with E-state index in [1.54, 1.807) is 0 Å². The maximum Gasteiger partial charge on any atom is 0.119 e. The quantitative estimate of drug-likeness (QED) is 0.283. The molecule has 2 heteroatoms. The summed E-state index contributed by atoms with van der Waals surface area (Å²) in [4.78, 5) is 0. The lowest BCUT2D eigenvalue weighted by Crippen LogP contribution is -2.13. The molecule has 0 amide bonds. The van der Waals surface area contributed by atoms with Gasteiger partial charge in [0.15, 0.2) is 0 Å². The van der Waals surface area contributed by atoms with E-state index in [0.29, 0.717) is 12.3 Å². The Morgan fingerprint density at radius 3 is 2.24 bits per heavy atom. The molecule has 0 aliphatic heterocycles. The lowest BCUT2D eigenvalue weighted by molar-refractivity contribution is 0.233. The Hall–Kier alpha value is -2.24. The number of ether oxygens (including phenoxy) is 1. The summed E-state index contributed by atoms with van der Waals surface area (Å²) >= 11 is 0. The van der Waals surface area contributed by atoms with E-state index in [-0.39, 0.29) is 0 Å². The van der Waals surface area contributed by atoms with Crippen molar-refractivity contribution in [3.63, 3.8) is 0 Å². The zero-order chi connectivity index (χ0) is 23.3. The molecule has 1 saturated carbocycles. The number of aliphatic hydroxyl groups is 1. The summed E-state index contributed by atoms with van der Waals surface area (Å²) in [6.07, 6.45) is 13.1. The highest BCUT2D eigenvalue weighted by molar-refractivity contribution is 5.39. The normalized spacial score (nSPS) is 18.9. The fourth-order valence-corrected chi connectivity index (χ4v) is 4.80. The molecule has 1 fully saturated rings. The molecule has 1 aliphatic rings. The van der Waals surface area contributed by atoms with Crippen molar-refractivity contribution in [2.24, 2.45) is 5.92 Å². The first-order chi connectivity index (χ1) is 16.2. The molecule has 2 aromatic carbocycles. The van der Waals surface area contributed by atoms with Crippen molar-refractivity contribution in [2.75, 3.05) is 6.61 Å². The first kappa shape index (κ1) is 25.4. The molecule has 1 N–H and O–H groups in total. The predicted octanol–water partition coefficient (Wildman–Crippen LogP) is 7.67. The summed E-state index contributed by atoms with van der Waals surface area (Å²) in [5, 5.41) is 10.4. The second kappa shape index (κ2) is 14.1. The van der Waals surface area contributed by atoms with Crippen LogP contribution in [0.4, 0.5) is 0 Å². The summed E-state index contributed by atoms with van der Waals surface area (Å²) in [6.45, 7) is 5.19. The van der Waals surface area contributed by atoms with E-state index < -0.39 is 6.10 Å². The molecule has 0 saturated heterocycles. The molecular formula is C31H42O2. The van der Waals surface area contributed by atoms with Crippen LogP contribution in [0.5, 0.6) is 5.75 Å². The molecular weight excluding hydrogens is 404 g/mol. The average molecular weight is 447 g/mol. The average Bonchev–Trinajstić information content (AvgIpc) is 2.85. The lowest BCUT2D eigenvalue weighted by atomic mass is 9.77. The van der Waals surface area contributed by atoms with Crippen molar-refractivity contribution in [1.29, 1.82) is 0 Å². The molecule has 2 nitrogen and oxygen atoms in total. The van der Waals surface area contributed by atoms with E-state index in [1.165, 1.54) is 56.9 Å². The van der Waals surface area contributed by atoms with Crippen LogP contribution >= 0.6 is 0 Å². The van der Waals surface area contributed by atoms with E-state index >= 15 is 0 Å². The van der Waals surface area contributed by atoms with Gasteiger partial charge in [0, 0.05) is 12.0 Å². The van der Waals surface area contributed by atoms with Gasteiger partial charge < -0.3 is 9.84 Å². The fourth-order valence-electron chi connectivity index (χ4n) is 4.80. The van der Waals surface area contributed by atoms with Crippen LogP contribution in [0.2, 0.25) is 0 Å². The molecule has 2 aromatic rings. The summed E-state index contributed by atoms with van der Waals surface area (Å²) in [7, 11) is 0. The summed E-state index contributed by atoms with van der Waals surface area (Å²) in [6, 6.07) is 16.7. The van der Waals surface area contributed by atoms with Crippen molar-refractivity contribution in [1.82, 2.24) is 0 Å². The van der Waals surface area contributed by atoms with Gasteiger partial charge in [-0.1, -0.05) is 82.1 Å². The van der Waals surface area contributed by atoms with Crippen LogP contribution < -0.4 is 4.74 Å². The van der Waals surface area contributed by atoms with Crippen molar-refractivity contribution in [2.45, 2.75) is 96.5 Å². The Morgan fingerprint density at radius 1 is 0.879 bits per heavy atom. The smallest absolute Gasteiger partial charge is 0.119 e. The van der Waals surface area contributed by atoms with E-state index in [0.717, 1.165) is 42.2 Å². The topological polar surface area (TPSA) is 29.5 Å². The van der Waals surface area contributed by atoms with Crippen molar-refractivity contribution in [3.8, 4) is 17.6 Å². The molecule has 0 radical (unpaired) electrons. The lowest BCUT2D eigenvalue weighted by Gasteiger charge is -2.29. The second-order valence-corrected chi connectivity index (χ2v) is 9.67. The molecule has 1 aliphatic carbocycles. The standard InChI is InChI=1S/C31H42O2/c1-3-5-7-8-25-9-16-28(17-10-25)29-18-11-27(12-19-29)24-30(32)20-13-26-14-21-31(22-15-26)33-23-6-4-2/h11-12,14-15,18-19,21-22,25,28,30,32H,3-10,16-17,23-24H2,1-2H3. The molecule has 1 unspecified atom stereocenters. The zero-order valence-electron chi connectivity index (χ0n) is 20.7. The van der Waals surface area contributed by atoms with Crippen LogP contribution in [-0.4, -0.2) is 17.8 Å². The monoisotopic (exact) mass is 446 g/mol. The van der Waals surface area contributed by atoms with E-state index in [2.05, 4.69) is 50.0 Å². The minimum Gasteiger partial charge on any atom is -0.494 e. The molecule has 178 valence electrons. The summed E-state index contributed by atoms with van der Waals surface area (Å²) in [5.41, 5.74) is 3.51. The number of hydrogen-bond donors (Lipinski definition) is 1. The Bertz CT molecular complexity index is 849. The van der Waals surface area contributed by atoms with Gasteiger partial charge in [0.1, 0.15) is 11.9 Å². The first-order valence-corrected chi connectivity index (χ1v) is 13.2. The minimum absolute atomic E-state index is 0.565. The maximum atomic E-state index is 10.4. The van der Waals surface area contributed by atoms with Crippen LogP contribution in [0.15, 0.2) is 48.5 Å². The third kappa shape index (κ3) is 8.90. The van der Waals surface area contributed by atoms with Gasteiger partial charge in [-0.3, -0.25) is 0 Å². The number of rotatable bonds is 11. The molecule has 33 heavy (non-hydrogen) atoms. The predicted molar refractivity (Wildman–Crippen MR) is 139 cm³/mol. The summed E-state index contributed by atoms with van der Waals surface area (Å²) in [5.74, 6) is 8.61. The van der Waals surface area contributed by atoms with Gasteiger partial charge in [-0.15, -0.1) is 0 Å². The van der Waals surface area contributed by atoms with Crippen LogP contribution in [-0.2, 0) is 6.42 Å². The van der Waals surface area contributed by atoms with E-state index in [1.807, 2.05) is 24.3 Å². The summed E-state index contributed by atoms with van der Waals surface area (Å²) < 4.78 is 5.69. The molecule has 0 bridgehead atoms. The van der Waals surface area contributed by atoms with Gasteiger partial charge in [0.25, 0.3) is 0 Å². The SMILES string of the molecule is CCCCCC1CCC(c2ccc(CC(O)C#Cc3ccc(OCCCC)cc3)cc2)CC1. The Balaban J connectivity index is 1.44. The van der Waals surface area contributed by atoms with Crippen LogP contribution in [0.1, 0.15) is 101 Å². The molecule has 0 aromatic heterocycles. The molecule has 0 spiro atoms. The van der Waals surface area contributed by atoms with E-state index in [4.69, 9.17) is 4.74 Å². The first-order valence-electron chi connectivity index (χ1n) is 13.2. The van der Waals surface area contributed by atoms with Crippen LogP contribution in [0, 0.1) is 17.8 Å². The van der Waals surface area contributed by atoms with Crippen LogP contribution in [0.25, 0.3) is 0 Å². The minimum atomic E-state index is -0.658. The van der Waals surface area contributed by atoms with Gasteiger partial charge >= 0.3 is 0 Å². The van der Waals surface area contributed by atoms with Crippen molar-refractivity contribution < 1.29 is 9.84 Å².